The van der Waals surface area contributed by atoms with Crippen molar-refractivity contribution in [3.63, 3.8) is 0 Å². The molecular formula is C20H28N2O4. The minimum absolute atomic E-state index is 0.0731. The second kappa shape index (κ2) is 8.64. The van der Waals surface area contributed by atoms with E-state index in [4.69, 9.17) is 9.47 Å². The monoisotopic (exact) mass is 360 g/mol. The first-order valence-electron chi connectivity index (χ1n) is 9.31. The topological polar surface area (TPSA) is 59.1 Å². The van der Waals surface area contributed by atoms with Gasteiger partial charge in [0.25, 0.3) is 0 Å². The molecule has 1 amide bonds. The molecule has 26 heavy (non-hydrogen) atoms. The summed E-state index contributed by atoms with van der Waals surface area (Å²) in [6.07, 6.45) is 1.37. The number of rotatable bonds is 7. The Morgan fingerprint density at radius 2 is 2.08 bits per heavy atom. The van der Waals surface area contributed by atoms with Crippen molar-refractivity contribution in [2.24, 2.45) is 5.92 Å². The Labute approximate surface area is 155 Å². The Kier molecular flexibility index (Phi) is 6.27. The molecule has 6 heteroatoms. The van der Waals surface area contributed by atoms with E-state index >= 15 is 0 Å². The van der Waals surface area contributed by atoms with Gasteiger partial charge in [0.15, 0.2) is 5.78 Å². The van der Waals surface area contributed by atoms with E-state index in [1.807, 2.05) is 17.0 Å². The molecule has 0 unspecified atom stereocenters. The fourth-order valence-electron chi connectivity index (χ4n) is 3.80. The summed E-state index contributed by atoms with van der Waals surface area (Å²) < 4.78 is 10.6. The van der Waals surface area contributed by atoms with E-state index < -0.39 is 0 Å². The summed E-state index contributed by atoms with van der Waals surface area (Å²) in [6, 6.07) is 5.97. The number of carbonyl (C=O) groups excluding carboxylic acids is 2. The van der Waals surface area contributed by atoms with Crippen molar-refractivity contribution in [2.45, 2.75) is 19.8 Å². The number of ketones is 1. The van der Waals surface area contributed by atoms with Crippen LogP contribution in [0.25, 0.3) is 0 Å². The molecule has 1 atom stereocenters. The maximum atomic E-state index is 12.2. The molecule has 1 aromatic rings. The lowest BCUT2D eigenvalue weighted by atomic mass is 9.94. The van der Waals surface area contributed by atoms with Gasteiger partial charge >= 0.3 is 0 Å². The number of hydrogen-bond acceptors (Lipinski definition) is 5. The predicted octanol–water partition coefficient (Wildman–Crippen LogP) is 1.76. The number of anilines is 1. The van der Waals surface area contributed by atoms with Crippen LogP contribution in [-0.2, 0) is 20.7 Å². The summed E-state index contributed by atoms with van der Waals surface area (Å²) in [5, 5.41) is 0. The van der Waals surface area contributed by atoms with Crippen LogP contribution in [0.3, 0.4) is 0 Å². The molecule has 3 rings (SSSR count). The molecule has 142 valence electrons. The molecule has 0 N–H and O–H groups in total. The third-order valence-corrected chi connectivity index (χ3v) is 5.21. The van der Waals surface area contributed by atoms with Crippen LogP contribution in [0, 0.1) is 5.92 Å². The Morgan fingerprint density at radius 3 is 2.77 bits per heavy atom. The molecule has 2 aliphatic rings. The highest BCUT2D eigenvalue weighted by Gasteiger charge is 2.30. The number of ether oxygens (including phenoxy) is 2. The van der Waals surface area contributed by atoms with Crippen molar-refractivity contribution in [2.75, 3.05) is 58.0 Å². The van der Waals surface area contributed by atoms with E-state index in [2.05, 4.69) is 11.0 Å². The average molecular weight is 360 g/mol. The quantitative estimate of drug-likeness (QED) is 0.694. The van der Waals surface area contributed by atoms with Gasteiger partial charge in [-0.25, -0.2) is 0 Å². The summed E-state index contributed by atoms with van der Waals surface area (Å²) >= 11 is 0. The number of carbonyl (C=O) groups is 2. The highest BCUT2D eigenvalue weighted by atomic mass is 16.5. The first-order valence-corrected chi connectivity index (χ1v) is 9.31. The van der Waals surface area contributed by atoms with Gasteiger partial charge in [-0.05, 0) is 43.0 Å². The third kappa shape index (κ3) is 4.43. The molecule has 0 spiro atoms. The number of nitrogens with zero attached hydrogens (tertiary/aromatic N) is 2. The third-order valence-electron chi connectivity index (χ3n) is 5.21. The summed E-state index contributed by atoms with van der Waals surface area (Å²) in [4.78, 5) is 28.3. The smallest absolute Gasteiger partial charge is 0.223 e. The van der Waals surface area contributed by atoms with Gasteiger partial charge in [-0.1, -0.05) is 0 Å². The maximum Gasteiger partial charge on any atom is 0.223 e. The molecular weight excluding hydrogens is 332 g/mol. The SMILES string of the molecule is COCCN1C[C@H](Cc2cc(C(C)=O)ccc2N2CCOCC2)CC1=O. The van der Waals surface area contributed by atoms with Crippen molar-refractivity contribution in [1.29, 1.82) is 0 Å². The molecule has 2 aliphatic heterocycles. The highest BCUT2D eigenvalue weighted by molar-refractivity contribution is 5.94. The molecule has 0 saturated carbocycles. The van der Waals surface area contributed by atoms with E-state index in [0.29, 0.717) is 19.6 Å². The van der Waals surface area contributed by atoms with Gasteiger partial charge < -0.3 is 19.3 Å². The largest absolute Gasteiger partial charge is 0.383 e. The van der Waals surface area contributed by atoms with Crippen LogP contribution in [0.1, 0.15) is 29.3 Å². The van der Waals surface area contributed by atoms with Gasteiger partial charge in [0, 0.05) is 51.0 Å². The minimum Gasteiger partial charge on any atom is -0.383 e. The number of benzene rings is 1. The molecule has 2 heterocycles. The lowest BCUT2D eigenvalue weighted by molar-refractivity contribution is -0.128. The van der Waals surface area contributed by atoms with E-state index in [0.717, 1.165) is 50.4 Å². The summed E-state index contributed by atoms with van der Waals surface area (Å²) in [5.41, 5.74) is 3.06. The first-order chi connectivity index (χ1) is 12.6. The number of amides is 1. The zero-order chi connectivity index (χ0) is 18.5. The number of Topliss-reactive ketones (excluding diaryl/α,β-unsaturated/α-hetero) is 1. The predicted molar refractivity (Wildman–Crippen MR) is 99.7 cm³/mol. The number of morpholine rings is 1. The van der Waals surface area contributed by atoms with E-state index in [-0.39, 0.29) is 17.6 Å². The lowest BCUT2D eigenvalue weighted by Crippen LogP contribution is -2.37. The molecule has 0 radical (unpaired) electrons. The molecule has 0 aliphatic carbocycles. The van der Waals surface area contributed by atoms with Crippen molar-refractivity contribution < 1.29 is 19.1 Å². The van der Waals surface area contributed by atoms with Crippen LogP contribution in [0.4, 0.5) is 5.69 Å². The van der Waals surface area contributed by atoms with E-state index in [9.17, 15) is 9.59 Å². The first kappa shape index (κ1) is 18.9. The number of hydrogen-bond donors (Lipinski definition) is 0. The maximum absolute atomic E-state index is 12.2. The normalized spacial score (nSPS) is 20.7. The number of methoxy groups -OCH3 is 1. The zero-order valence-electron chi connectivity index (χ0n) is 15.7. The Hall–Kier alpha value is -1.92. The van der Waals surface area contributed by atoms with Crippen LogP contribution in [-0.4, -0.2) is 69.7 Å². The Morgan fingerprint density at radius 1 is 1.31 bits per heavy atom. The van der Waals surface area contributed by atoms with Crippen LogP contribution in [0.15, 0.2) is 18.2 Å². The van der Waals surface area contributed by atoms with Crippen molar-refractivity contribution in [3.8, 4) is 0 Å². The molecule has 0 bridgehead atoms. The van der Waals surface area contributed by atoms with E-state index in [1.54, 1.807) is 14.0 Å². The van der Waals surface area contributed by atoms with Gasteiger partial charge in [-0.3, -0.25) is 9.59 Å². The average Bonchev–Trinajstić information content (AvgIpc) is 2.99. The summed E-state index contributed by atoms with van der Waals surface area (Å²) in [6.45, 7) is 6.73. The Bertz CT molecular complexity index is 655. The molecule has 2 saturated heterocycles. The van der Waals surface area contributed by atoms with Gasteiger partial charge in [-0.15, -0.1) is 0 Å². The van der Waals surface area contributed by atoms with Gasteiger partial charge in [0.05, 0.1) is 19.8 Å². The Balaban J connectivity index is 1.77. The lowest BCUT2D eigenvalue weighted by Gasteiger charge is -2.31. The second-order valence-corrected chi connectivity index (χ2v) is 7.11. The van der Waals surface area contributed by atoms with Gasteiger partial charge in [0.2, 0.25) is 5.91 Å². The fourth-order valence-corrected chi connectivity index (χ4v) is 3.80. The summed E-state index contributed by atoms with van der Waals surface area (Å²) in [5.74, 6) is 0.549. The zero-order valence-corrected chi connectivity index (χ0v) is 15.7. The summed E-state index contributed by atoms with van der Waals surface area (Å²) in [7, 11) is 1.65. The van der Waals surface area contributed by atoms with Crippen LogP contribution < -0.4 is 4.90 Å². The number of likely N-dealkylation sites (tertiary alicyclic amines) is 1. The van der Waals surface area contributed by atoms with Crippen LogP contribution in [0.5, 0.6) is 0 Å². The fraction of sp³-hybridized carbons (Fsp3) is 0.600. The van der Waals surface area contributed by atoms with Gasteiger partial charge in [-0.2, -0.15) is 0 Å². The molecule has 0 aromatic heterocycles. The molecule has 1 aromatic carbocycles. The van der Waals surface area contributed by atoms with Gasteiger partial charge in [0.1, 0.15) is 0 Å². The molecule has 6 nitrogen and oxygen atoms in total. The van der Waals surface area contributed by atoms with Crippen molar-refractivity contribution in [1.82, 2.24) is 4.90 Å². The standard InChI is InChI=1S/C20H28N2O4/c1-15(23)17-3-4-19(21-6-9-26-10-7-21)18(13-17)11-16-12-20(24)22(14-16)5-8-25-2/h3-4,13,16H,5-12,14H2,1-2H3/t16-/m1/s1. The van der Waals surface area contributed by atoms with E-state index in [1.165, 1.54) is 5.69 Å². The van der Waals surface area contributed by atoms with Crippen molar-refractivity contribution >= 4 is 17.4 Å². The molecule has 2 fully saturated rings. The van der Waals surface area contributed by atoms with Crippen molar-refractivity contribution in [3.05, 3.63) is 29.3 Å². The van der Waals surface area contributed by atoms with Crippen LogP contribution in [0.2, 0.25) is 0 Å². The minimum atomic E-state index is 0.0731. The van der Waals surface area contributed by atoms with Crippen LogP contribution >= 0.6 is 0 Å². The second-order valence-electron chi connectivity index (χ2n) is 7.11. The highest BCUT2D eigenvalue weighted by Crippen LogP contribution is 2.29.